The van der Waals surface area contributed by atoms with Crippen molar-refractivity contribution < 1.29 is 4.79 Å². The van der Waals surface area contributed by atoms with Gasteiger partial charge in [0.25, 0.3) is 0 Å². The Morgan fingerprint density at radius 1 is 0.971 bits per heavy atom. The number of rotatable bonds is 6. The quantitative estimate of drug-likeness (QED) is 0.690. The third kappa shape index (κ3) is 5.22. The molecule has 6 atom stereocenters. The number of likely N-dealkylation sites (tertiary alicyclic amines) is 2. The van der Waals surface area contributed by atoms with Crippen LogP contribution in [0.1, 0.15) is 62.0 Å². The van der Waals surface area contributed by atoms with Gasteiger partial charge < -0.3 is 20.9 Å². The predicted molar refractivity (Wildman–Crippen MR) is 138 cm³/mol. The minimum atomic E-state index is -0.0996. The molecule has 5 nitrogen and oxygen atoms in total. The molecule has 6 unspecified atom stereocenters. The zero-order chi connectivity index (χ0) is 23.5. The second-order valence-electron chi connectivity index (χ2n) is 10.8. The van der Waals surface area contributed by atoms with Crippen molar-refractivity contribution in [1.82, 2.24) is 15.1 Å². The SMILES string of the molecule is CC(N)C1CCCC(C(=O)N2CC(c3ccccc3)CC2CN2CCC(c3ccccc3)C2)N1. The first-order valence-corrected chi connectivity index (χ1v) is 13.2. The minimum absolute atomic E-state index is 0.0709. The molecule has 0 radical (unpaired) electrons. The van der Waals surface area contributed by atoms with Crippen LogP contribution in [0.25, 0.3) is 0 Å². The fraction of sp³-hybridized carbons (Fsp3) is 0.552. The number of hydrogen-bond donors (Lipinski definition) is 2. The third-order valence-electron chi connectivity index (χ3n) is 8.34. The third-order valence-corrected chi connectivity index (χ3v) is 8.34. The maximum Gasteiger partial charge on any atom is 0.240 e. The van der Waals surface area contributed by atoms with Gasteiger partial charge in [0, 0.05) is 43.7 Å². The number of nitrogens with zero attached hydrogens (tertiary/aromatic N) is 2. The Balaban J connectivity index is 1.29. The summed E-state index contributed by atoms with van der Waals surface area (Å²) < 4.78 is 0. The zero-order valence-corrected chi connectivity index (χ0v) is 20.5. The Labute approximate surface area is 204 Å². The first kappa shape index (κ1) is 23.5. The Morgan fingerprint density at radius 3 is 2.32 bits per heavy atom. The lowest BCUT2D eigenvalue weighted by Crippen LogP contribution is -2.57. The number of carbonyl (C=O) groups excluding carboxylic acids is 1. The normalized spacial score (nSPS) is 31.0. The summed E-state index contributed by atoms with van der Waals surface area (Å²) in [6.45, 7) is 6.05. The summed E-state index contributed by atoms with van der Waals surface area (Å²) in [6, 6.07) is 22.1. The van der Waals surface area contributed by atoms with Gasteiger partial charge in [-0.2, -0.15) is 0 Å². The highest BCUT2D eigenvalue weighted by molar-refractivity contribution is 5.83. The summed E-state index contributed by atoms with van der Waals surface area (Å²) in [5.41, 5.74) is 8.99. The Hall–Kier alpha value is -2.21. The van der Waals surface area contributed by atoms with E-state index in [4.69, 9.17) is 5.73 Å². The molecule has 182 valence electrons. The number of carbonyl (C=O) groups is 1. The Morgan fingerprint density at radius 2 is 1.65 bits per heavy atom. The highest BCUT2D eigenvalue weighted by Crippen LogP contribution is 2.35. The van der Waals surface area contributed by atoms with Gasteiger partial charge in [-0.15, -0.1) is 0 Å². The molecule has 0 bridgehead atoms. The van der Waals surface area contributed by atoms with Crippen molar-refractivity contribution in [3.05, 3.63) is 71.8 Å². The monoisotopic (exact) mass is 460 g/mol. The molecule has 0 spiro atoms. The van der Waals surface area contributed by atoms with Crippen LogP contribution in [0.15, 0.2) is 60.7 Å². The van der Waals surface area contributed by atoms with E-state index >= 15 is 0 Å². The lowest BCUT2D eigenvalue weighted by atomic mass is 9.94. The summed E-state index contributed by atoms with van der Waals surface area (Å²) in [6.07, 6.45) is 5.30. The van der Waals surface area contributed by atoms with Crippen molar-refractivity contribution >= 4 is 5.91 Å². The van der Waals surface area contributed by atoms with Crippen LogP contribution in [0, 0.1) is 0 Å². The van der Waals surface area contributed by atoms with Crippen molar-refractivity contribution in [2.24, 2.45) is 5.73 Å². The second kappa shape index (κ2) is 10.6. The van der Waals surface area contributed by atoms with Gasteiger partial charge in [-0.3, -0.25) is 4.79 Å². The van der Waals surface area contributed by atoms with E-state index in [2.05, 4.69) is 75.8 Å². The van der Waals surface area contributed by atoms with E-state index in [0.717, 1.165) is 51.9 Å². The molecule has 1 amide bonds. The van der Waals surface area contributed by atoms with Crippen molar-refractivity contribution in [3.8, 4) is 0 Å². The van der Waals surface area contributed by atoms with Gasteiger partial charge in [0.2, 0.25) is 5.91 Å². The number of piperidine rings is 1. The molecule has 3 N–H and O–H groups in total. The number of nitrogens with one attached hydrogen (secondary N) is 1. The molecule has 3 fully saturated rings. The lowest BCUT2D eigenvalue weighted by molar-refractivity contribution is -0.135. The Kier molecular flexibility index (Phi) is 7.33. The molecular weight excluding hydrogens is 420 g/mol. The number of benzene rings is 2. The van der Waals surface area contributed by atoms with Crippen LogP contribution in [0.4, 0.5) is 0 Å². The average Bonchev–Trinajstić information content (AvgIpc) is 3.52. The van der Waals surface area contributed by atoms with Gasteiger partial charge in [-0.05, 0) is 62.6 Å². The van der Waals surface area contributed by atoms with Gasteiger partial charge in [0.1, 0.15) is 0 Å². The van der Waals surface area contributed by atoms with Crippen LogP contribution >= 0.6 is 0 Å². The average molecular weight is 461 g/mol. The summed E-state index contributed by atoms with van der Waals surface area (Å²) in [7, 11) is 0. The van der Waals surface area contributed by atoms with Crippen molar-refractivity contribution in [1.29, 1.82) is 0 Å². The maximum atomic E-state index is 13.8. The largest absolute Gasteiger partial charge is 0.336 e. The molecule has 5 heteroatoms. The van der Waals surface area contributed by atoms with Crippen molar-refractivity contribution in [2.75, 3.05) is 26.2 Å². The fourth-order valence-electron chi connectivity index (χ4n) is 6.40. The highest BCUT2D eigenvalue weighted by atomic mass is 16.2. The first-order valence-electron chi connectivity index (χ1n) is 13.2. The van der Waals surface area contributed by atoms with Crippen LogP contribution in [-0.2, 0) is 4.79 Å². The molecule has 2 aromatic rings. The smallest absolute Gasteiger partial charge is 0.240 e. The molecule has 3 heterocycles. The topological polar surface area (TPSA) is 61.6 Å². The van der Waals surface area contributed by atoms with Gasteiger partial charge in [-0.25, -0.2) is 0 Å². The molecule has 3 aliphatic heterocycles. The van der Waals surface area contributed by atoms with E-state index in [1.807, 2.05) is 6.92 Å². The Bertz CT molecular complexity index is 934. The molecule has 0 aromatic heterocycles. The molecule has 34 heavy (non-hydrogen) atoms. The van der Waals surface area contributed by atoms with Crippen LogP contribution in [-0.4, -0.2) is 66.1 Å². The molecule has 2 aromatic carbocycles. The maximum absolute atomic E-state index is 13.8. The van der Waals surface area contributed by atoms with Crippen LogP contribution in [0.5, 0.6) is 0 Å². The van der Waals surface area contributed by atoms with Gasteiger partial charge in [0.15, 0.2) is 0 Å². The van der Waals surface area contributed by atoms with Crippen LogP contribution in [0.2, 0.25) is 0 Å². The van der Waals surface area contributed by atoms with E-state index in [0.29, 0.717) is 11.8 Å². The summed E-state index contributed by atoms with van der Waals surface area (Å²) >= 11 is 0. The fourth-order valence-corrected chi connectivity index (χ4v) is 6.40. The van der Waals surface area contributed by atoms with Crippen LogP contribution < -0.4 is 11.1 Å². The highest BCUT2D eigenvalue weighted by Gasteiger charge is 2.41. The van der Waals surface area contributed by atoms with Crippen molar-refractivity contribution in [2.45, 2.75) is 75.0 Å². The standard InChI is InChI=1S/C29H40N4O/c1-21(30)27-13-8-14-28(31-27)29(34)33-19-25(23-11-6-3-7-12-23)17-26(33)20-32-16-15-24(18-32)22-9-4-2-5-10-22/h2-7,9-12,21,24-28,31H,8,13-20,30H2,1H3. The van der Waals surface area contributed by atoms with Gasteiger partial charge in [-0.1, -0.05) is 60.7 Å². The van der Waals surface area contributed by atoms with E-state index in [9.17, 15) is 4.79 Å². The molecule has 5 rings (SSSR count). The summed E-state index contributed by atoms with van der Waals surface area (Å²) in [5.74, 6) is 1.30. The number of nitrogens with two attached hydrogens (primary N) is 1. The molecule has 0 saturated carbocycles. The lowest BCUT2D eigenvalue weighted by Gasteiger charge is -2.37. The molecular formula is C29H40N4O. The van der Waals surface area contributed by atoms with Crippen LogP contribution in [0.3, 0.4) is 0 Å². The summed E-state index contributed by atoms with van der Waals surface area (Å²) in [5, 5.41) is 3.60. The van der Waals surface area contributed by atoms with E-state index in [1.165, 1.54) is 17.5 Å². The second-order valence-corrected chi connectivity index (χ2v) is 10.8. The molecule has 0 aliphatic carbocycles. The van der Waals surface area contributed by atoms with Crippen molar-refractivity contribution in [3.63, 3.8) is 0 Å². The summed E-state index contributed by atoms with van der Waals surface area (Å²) in [4.78, 5) is 18.6. The number of hydrogen-bond acceptors (Lipinski definition) is 4. The van der Waals surface area contributed by atoms with Gasteiger partial charge in [0.05, 0.1) is 6.04 Å². The minimum Gasteiger partial charge on any atom is -0.336 e. The van der Waals surface area contributed by atoms with E-state index < -0.39 is 0 Å². The zero-order valence-electron chi connectivity index (χ0n) is 20.5. The van der Waals surface area contributed by atoms with E-state index in [1.54, 1.807) is 0 Å². The predicted octanol–water partition coefficient (Wildman–Crippen LogP) is 3.72. The number of amides is 1. The van der Waals surface area contributed by atoms with Gasteiger partial charge >= 0.3 is 0 Å². The first-order chi connectivity index (χ1) is 16.6. The molecule has 3 saturated heterocycles. The molecule has 3 aliphatic rings. The van der Waals surface area contributed by atoms with E-state index in [-0.39, 0.29) is 30.1 Å².